The van der Waals surface area contributed by atoms with Gasteiger partial charge in [-0.15, -0.1) is 11.3 Å². The lowest BCUT2D eigenvalue weighted by Gasteiger charge is -1.98. The van der Waals surface area contributed by atoms with Crippen molar-refractivity contribution in [2.75, 3.05) is 0 Å². The highest BCUT2D eigenvalue weighted by atomic mass is 32.1. The summed E-state index contributed by atoms with van der Waals surface area (Å²) in [6, 6.07) is 13.4. The van der Waals surface area contributed by atoms with Crippen LogP contribution < -0.4 is 16.1 Å². The van der Waals surface area contributed by atoms with Crippen molar-refractivity contribution in [2.24, 2.45) is 0 Å². The zero-order valence-corrected chi connectivity index (χ0v) is 11.0. The molecule has 94 valence electrons. The lowest BCUT2D eigenvalue weighted by molar-refractivity contribution is 0.838. The second kappa shape index (κ2) is 4.74. The summed E-state index contributed by atoms with van der Waals surface area (Å²) < 4.78 is 1.52. The van der Waals surface area contributed by atoms with Crippen LogP contribution in [0.15, 0.2) is 52.6 Å². The average Bonchev–Trinajstić information content (AvgIpc) is 3.03. The van der Waals surface area contributed by atoms with Crippen LogP contribution in [-0.2, 0) is 0 Å². The molecule has 0 saturated heterocycles. The van der Waals surface area contributed by atoms with Crippen molar-refractivity contribution in [3.05, 3.63) is 73.6 Å². The minimum atomic E-state index is -0.0791. The molecule has 0 spiro atoms. The molecule has 19 heavy (non-hydrogen) atoms. The molecule has 3 aromatic rings. The first-order chi connectivity index (χ1) is 9.25. The van der Waals surface area contributed by atoms with Gasteiger partial charge in [0, 0.05) is 4.88 Å². The number of thiophene rings is 1. The highest BCUT2D eigenvalue weighted by Crippen LogP contribution is 2.07. The van der Waals surface area contributed by atoms with Gasteiger partial charge in [0.2, 0.25) is 0 Å². The molecule has 0 aliphatic rings. The predicted octanol–water partition coefficient (Wildman–Crippen LogP) is 1.47. The van der Waals surface area contributed by atoms with Crippen molar-refractivity contribution < 1.29 is 0 Å². The summed E-state index contributed by atoms with van der Waals surface area (Å²) in [7, 11) is 0. The number of nitrogens with zero attached hydrogens (tertiary/aromatic N) is 1. The lowest BCUT2D eigenvalue weighted by Crippen LogP contribution is -2.33. The molecule has 0 fully saturated rings. The molecule has 0 amide bonds. The lowest BCUT2D eigenvalue weighted by atomic mass is 10.3. The third-order valence-electron chi connectivity index (χ3n) is 2.85. The Morgan fingerprint density at radius 2 is 1.95 bits per heavy atom. The van der Waals surface area contributed by atoms with Crippen LogP contribution in [0.5, 0.6) is 0 Å². The predicted molar refractivity (Wildman–Crippen MR) is 79.0 cm³/mol. The van der Waals surface area contributed by atoms with Crippen molar-refractivity contribution in [3.63, 3.8) is 0 Å². The van der Waals surface area contributed by atoms with Gasteiger partial charge in [-0.25, -0.2) is 4.68 Å². The van der Waals surface area contributed by atoms with Gasteiger partial charge in [0.1, 0.15) is 0 Å². The fraction of sp³-hybridized carbons (Fsp3) is 0. The number of para-hydroxylation sites is 1. The van der Waals surface area contributed by atoms with Gasteiger partial charge >= 0.3 is 0 Å². The number of H-pyrrole nitrogens is 1. The number of nitrogens with one attached hydrogen (secondary N) is 1. The highest BCUT2D eigenvalue weighted by molar-refractivity contribution is 7.10. The maximum Gasteiger partial charge on any atom is 0.279 e. The van der Waals surface area contributed by atoms with E-state index >= 15 is 0 Å². The van der Waals surface area contributed by atoms with Gasteiger partial charge in [0.15, 0.2) is 0 Å². The van der Waals surface area contributed by atoms with Gasteiger partial charge < -0.3 is 0 Å². The summed E-state index contributed by atoms with van der Waals surface area (Å²) in [6.07, 6.45) is 1.87. The zero-order valence-electron chi connectivity index (χ0n) is 10.2. The van der Waals surface area contributed by atoms with E-state index in [1.54, 1.807) is 11.3 Å². The van der Waals surface area contributed by atoms with Crippen molar-refractivity contribution in [2.45, 2.75) is 0 Å². The molecule has 3 rings (SSSR count). The van der Waals surface area contributed by atoms with Crippen LogP contribution in [0.3, 0.4) is 0 Å². The summed E-state index contributed by atoms with van der Waals surface area (Å²) >= 11 is 1.59. The molecule has 1 N–H and O–H groups in total. The van der Waals surface area contributed by atoms with E-state index in [1.165, 1.54) is 4.68 Å². The smallest absolute Gasteiger partial charge is 0.279 e. The quantitative estimate of drug-likeness (QED) is 0.751. The van der Waals surface area contributed by atoms with Gasteiger partial charge in [-0.3, -0.25) is 9.89 Å². The number of hydrogen-bond donors (Lipinski definition) is 1. The van der Waals surface area contributed by atoms with Crippen LogP contribution in [0.1, 0.15) is 4.88 Å². The number of aromatic nitrogens is 2. The molecule has 0 bridgehead atoms. The normalized spacial score (nSPS) is 11.9. The van der Waals surface area contributed by atoms with Crippen LogP contribution >= 0.6 is 11.3 Å². The Kier molecular flexibility index (Phi) is 2.93. The molecule has 3 nitrogen and oxygen atoms in total. The summed E-state index contributed by atoms with van der Waals surface area (Å²) in [6.45, 7) is 3.91. The van der Waals surface area contributed by atoms with Crippen LogP contribution in [0, 0.1) is 0 Å². The molecule has 0 aliphatic heterocycles. The van der Waals surface area contributed by atoms with Crippen molar-refractivity contribution in [3.8, 4) is 5.69 Å². The van der Waals surface area contributed by atoms with Crippen molar-refractivity contribution in [1.82, 2.24) is 9.78 Å². The molecule has 4 heteroatoms. The second-order valence-corrected chi connectivity index (χ2v) is 5.12. The summed E-state index contributed by atoms with van der Waals surface area (Å²) in [5, 5.41) is 6.22. The molecular weight excluding hydrogens is 256 g/mol. The largest absolute Gasteiger partial charge is 0.291 e. The Balaban J connectivity index is 2.23. The molecule has 0 radical (unpaired) electrons. The Morgan fingerprint density at radius 3 is 2.63 bits per heavy atom. The topological polar surface area (TPSA) is 37.8 Å². The minimum Gasteiger partial charge on any atom is -0.291 e. The Labute approximate surface area is 113 Å². The van der Waals surface area contributed by atoms with Gasteiger partial charge in [-0.05, 0) is 29.7 Å². The van der Waals surface area contributed by atoms with Gasteiger partial charge in [0.25, 0.3) is 5.56 Å². The SMILES string of the molecule is C=c1[nH]n(-c2ccccc2)c(=O)/c1=C\c1cccs1. The second-order valence-electron chi connectivity index (χ2n) is 4.14. The molecule has 0 atom stereocenters. The van der Waals surface area contributed by atoms with Crippen molar-refractivity contribution in [1.29, 1.82) is 0 Å². The third-order valence-corrected chi connectivity index (χ3v) is 3.67. The number of rotatable bonds is 2. The van der Waals surface area contributed by atoms with Crippen LogP contribution in [0.25, 0.3) is 18.3 Å². The van der Waals surface area contributed by atoms with E-state index in [1.807, 2.05) is 53.9 Å². The summed E-state index contributed by atoms with van der Waals surface area (Å²) in [4.78, 5) is 13.4. The fourth-order valence-corrected chi connectivity index (χ4v) is 2.58. The number of hydrogen-bond acceptors (Lipinski definition) is 2. The van der Waals surface area contributed by atoms with E-state index in [9.17, 15) is 4.79 Å². The summed E-state index contributed by atoms with van der Waals surface area (Å²) in [5.74, 6) is 0. The molecule has 2 aromatic heterocycles. The van der Waals surface area contributed by atoms with E-state index in [2.05, 4.69) is 11.7 Å². The van der Waals surface area contributed by atoms with E-state index in [0.717, 1.165) is 10.6 Å². The van der Waals surface area contributed by atoms with Gasteiger partial charge in [-0.2, -0.15) is 0 Å². The summed E-state index contributed by atoms with van der Waals surface area (Å²) in [5.41, 5.74) is 0.729. The van der Waals surface area contributed by atoms with E-state index < -0.39 is 0 Å². The molecule has 0 saturated carbocycles. The highest BCUT2D eigenvalue weighted by Gasteiger charge is 2.03. The van der Waals surface area contributed by atoms with E-state index in [0.29, 0.717) is 10.6 Å². The monoisotopic (exact) mass is 268 g/mol. The number of benzene rings is 1. The third kappa shape index (κ3) is 2.18. The molecule has 1 aromatic carbocycles. The van der Waals surface area contributed by atoms with Crippen LogP contribution in [0.2, 0.25) is 0 Å². The van der Waals surface area contributed by atoms with E-state index in [4.69, 9.17) is 0 Å². The maximum atomic E-state index is 12.4. The standard InChI is InChI=1S/C15H12N2OS/c1-11-14(10-13-8-5-9-19-13)15(18)17(16-11)12-6-3-2-4-7-12/h2-10,16H,1H2/b14-10-. The first-order valence-electron chi connectivity index (χ1n) is 5.86. The van der Waals surface area contributed by atoms with Crippen LogP contribution in [0.4, 0.5) is 0 Å². The first kappa shape index (κ1) is 11.7. The molecule has 0 unspecified atom stereocenters. The number of aromatic amines is 1. The Morgan fingerprint density at radius 1 is 1.16 bits per heavy atom. The van der Waals surface area contributed by atoms with Gasteiger partial charge in [-0.1, -0.05) is 30.8 Å². The minimum absolute atomic E-state index is 0.0791. The zero-order chi connectivity index (χ0) is 13.2. The Hall–Kier alpha value is -2.33. The maximum absolute atomic E-state index is 12.4. The first-order valence-corrected chi connectivity index (χ1v) is 6.74. The van der Waals surface area contributed by atoms with Crippen LogP contribution in [-0.4, -0.2) is 9.78 Å². The fourth-order valence-electron chi connectivity index (χ4n) is 1.92. The molecule has 0 aliphatic carbocycles. The van der Waals surface area contributed by atoms with Crippen molar-refractivity contribution >= 4 is 24.0 Å². The molecule has 2 heterocycles. The Bertz CT molecular complexity index is 842. The van der Waals surface area contributed by atoms with Gasteiger partial charge in [0.05, 0.1) is 16.3 Å². The van der Waals surface area contributed by atoms with E-state index in [-0.39, 0.29) is 5.56 Å². The average molecular weight is 268 g/mol. The molecular formula is C15H12N2OS.